The van der Waals surface area contributed by atoms with Crippen LogP contribution in [0.2, 0.25) is 5.02 Å². The number of carbonyl (C=O) groups excluding carboxylic acids is 3. The molecule has 230 valence electrons. The van der Waals surface area contributed by atoms with Gasteiger partial charge in [-0.1, -0.05) is 78.3 Å². The first kappa shape index (κ1) is 32.0. The molecule has 0 aliphatic rings. The number of benzene rings is 4. The van der Waals surface area contributed by atoms with Gasteiger partial charge in [-0.3, -0.25) is 14.4 Å². The van der Waals surface area contributed by atoms with Gasteiger partial charge in [-0.05, 0) is 71.8 Å². The van der Waals surface area contributed by atoms with Gasteiger partial charge >= 0.3 is 0 Å². The third-order valence-corrected chi connectivity index (χ3v) is 7.64. The van der Waals surface area contributed by atoms with E-state index in [9.17, 15) is 14.4 Å². The molecule has 1 heterocycles. The number of anilines is 2. The predicted molar refractivity (Wildman–Crippen MR) is 183 cm³/mol. The molecule has 0 radical (unpaired) electrons. The summed E-state index contributed by atoms with van der Waals surface area (Å²) >= 11 is 7.15. The number of thioether (sulfide) groups is 1. The Labute approximate surface area is 275 Å². The van der Waals surface area contributed by atoms with Crippen LogP contribution in [-0.2, 0) is 16.2 Å². The number of aromatic nitrogens is 1. The molecule has 0 unspecified atom stereocenters. The minimum Gasteiger partial charge on any atom is -0.489 e. The van der Waals surface area contributed by atoms with Crippen molar-refractivity contribution in [2.24, 2.45) is 0 Å². The highest BCUT2D eigenvalue weighted by Crippen LogP contribution is 2.23. The van der Waals surface area contributed by atoms with Crippen molar-refractivity contribution in [3.05, 3.63) is 155 Å². The van der Waals surface area contributed by atoms with Crippen molar-refractivity contribution in [3.63, 3.8) is 0 Å². The fraction of sp³-hybridized carbons (Fsp3) is 0.0556. The molecule has 3 N–H and O–H groups in total. The third-order valence-electron chi connectivity index (χ3n) is 6.42. The van der Waals surface area contributed by atoms with Gasteiger partial charge in [-0.2, -0.15) is 0 Å². The van der Waals surface area contributed by atoms with Gasteiger partial charge in [0.1, 0.15) is 23.9 Å². The van der Waals surface area contributed by atoms with E-state index in [1.54, 1.807) is 60.7 Å². The van der Waals surface area contributed by atoms with Crippen LogP contribution in [0.3, 0.4) is 0 Å². The first-order valence-electron chi connectivity index (χ1n) is 14.2. The molecule has 8 nitrogen and oxygen atoms in total. The zero-order valence-electron chi connectivity index (χ0n) is 24.5. The number of ether oxygens (including phenoxy) is 1. The largest absolute Gasteiger partial charge is 0.489 e. The van der Waals surface area contributed by atoms with Gasteiger partial charge in [0.25, 0.3) is 11.8 Å². The lowest BCUT2D eigenvalue weighted by molar-refractivity contribution is -0.114. The molecule has 0 saturated carbocycles. The van der Waals surface area contributed by atoms with E-state index in [0.29, 0.717) is 40.0 Å². The number of hydrogen-bond donors (Lipinski definition) is 3. The lowest BCUT2D eigenvalue weighted by Crippen LogP contribution is -2.30. The van der Waals surface area contributed by atoms with E-state index in [1.165, 1.54) is 18.0 Å². The zero-order valence-corrected chi connectivity index (χ0v) is 26.1. The standard InChI is InChI=1S/C36H29ClN4O4S/c37-28-16-19-33(38-22-28)41-34(42)24-46-31-13-7-12-29(21-31)39-36(44)32(40-35(43)27-10-5-2-6-11-27)20-25-14-17-30(18-15-25)45-23-26-8-3-1-4-9-26/h1-22H,23-24H2,(H,39,44)(H,40,43)(H,38,41,42)/b32-20-. The van der Waals surface area contributed by atoms with Crippen LogP contribution >= 0.6 is 23.4 Å². The third kappa shape index (κ3) is 9.82. The maximum atomic E-state index is 13.5. The summed E-state index contributed by atoms with van der Waals surface area (Å²) in [6, 6.07) is 36.1. The molecule has 0 spiro atoms. The van der Waals surface area contributed by atoms with E-state index in [4.69, 9.17) is 16.3 Å². The molecular formula is C36H29ClN4O4S. The van der Waals surface area contributed by atoms with Crippen molar-refractivity contribution in [2.45, 2.75) is 11.5 Å². The van der Waals surface area contributed by atoms with Crippen molar-refractivity contribution in [2.75, 3.05) is 16.4 Å². The van der Waals surface area contributed by atoms with Crippen molar-refractivity contribution in [1.82, 2.24) is 10.3 Å². The van der Waals surface area contributed by atoms with Gasteiger partial charge in [-0.15, -0.1) is 11.8 Å². The lowest BCUT2D eigenvalue weighted by atomic mass is 10.1. The summed E-state index contributed by atoms with van der Waals surface area (Å²) in [5.41, 5.74) is 2.71. The van der Waals surface area contributed by atoms with Crippen LogP contribution in [0, 0.1) is 0 Å². The Bertz CT molecular complexity index is 1820. The van der Waals surface area contributed by atoms with Gasteiger partial charge in [0.05, 0.1) is 10.8 Å². The van der Waals surface area contributed by atoms with Crippen LogP contribution in [-0.4, -0.2) is 28.5 Å². The molecule has 1 aromatic heterocycles. The molecule has 0 aliphatic heterocycles. The molecule has 0 saturated heterocycles. The van der Waals surface area contributed by atoms with E-state index in [2.05, 4.69) is 20.9 Å². The summed E-state index contributed by atoms with van der Waals surface area (Å²) in [6.07, 6.45) is 3.06. The van der Waals surface area contributed by atoms with Gasteiger partial charge in [0.15, 0.2) is 0 Å². The fourth-order valence-corrected chi connectivity index (χ4v) is 5.02. The smallest absolute Gasteiger partial charge is 0.272 e. The number of nitrogens with one attached hydrogen (secondary N) is 3. The topological polar surface area (TPSA) is 109 Å². The molecule has 0 bridgehead atoms. The van der Waals surface area contributed by atoms with Crippen LogP contribution in [0.5, 0.6) is 5.75 Å². The van der Waals surface area contributed by atoms with Crippen LogP contribution in [0.25, 0.3) is 6.08 Å². The average Bonchev–Trinajstić information content (AvgIpc) is 3.09. The van der Waals surface area contributed by atoms with Crippen LogP contribution in [0.4, 0.5) is 11.5 Å². The van der Waals surface area contributed by atoms with Gasteiger partial charge in [0, 0.05) is 22.3 Å². The number of amides is 3. The Morgan fingerprint density at radius 1 is 0.804 bits per heavy atom. The Balaban J connectivity index is 1.26. The minimum absolute atomic E-state index is 0.0553. The quantitative estimate of drug-likeness (QED) is 0.0957. The highest BCUT2D eigenvalue weighted by molar-refractivity contribution is 8.00. The second-order valence-corrected chi connectivity index (χ2v) is 11.4. The molecule has 0 atom stereocenters. The summed E-state index contributed by atoms with van der Waals surface area (Å²) in [4.78, 5) is 43.8. The second kappa shape index (κ2) is 16.1. The Hall–Kier alpha value is -5.38. The molecule has 5 aromatic rings. The second-order valence-electron chi connectivity index (χ2n) is 9.90. The Morgan fingerprint density at radius 2 is 1.54 bits per heavy atom. The summed E-state index contributed by atoms with van der Waals surface area (Å²) in [5.74, 6) is 0.0395. The van der Waals surface area contributed by atoms with E-state index in [0.717, 1.165) is 10.5 Å². The number of pyridine rings is 1. The lowest BCUT2D eigenvalue weighted by Gasteiger charge is -2.12. The Kier molecular flexibility index (Phi) is 11.2. The van der Waals surface area contributed by atoms with Crippen LogP contribution < -0.4 is 20.7 Å². The van der Waals surface area contributed by atoms with Crippen LogP contribution in [0.15, 0.2) is 138 Å². The first-order chi connectivity index (χ1) is 22.4. The predicted octanol–water partition coefficient (Wildman–Crippen LogP) is 7.45. The number of hydrogen-bond acceptors (Lipinski definition) is 6. The monoisotopic (exact) mass is 648 g/mol. The van der Waals surface area contributed by atoms with E-state index in [-0.39, 0.29) is 17.4 Å². The van der Waals surface area contributed by atoms with E-state index < -0.39 is 11.8 Å². The SMILES string of the molecule is O=C(CSc1cccc(NC(=O)/C(=C/c2ccc(OCc3ccccc3)cc2)NC(=O)c2ccccc2)c1)Nc1ccc(Cl)cn1. The molecular weight excluding hydrogens is 620 g/mol. The minimum atomic E-state index is -0.512. The first-order valence-corrected chi connectivity index (χ1v) is 15.6. The molecule has 10 heteroatoms. The fourth-order valence-electron chi connectivity index (χ4n) is 4.15. The summed E-state index contributed by atoms with van der Waals surface area (Å²) < 4.78 is 5.88. The normalized spacial score (nSPS) is 10.9. The van der Waals surface area contributed by atoms with Crippen molar-refractivity contribution in [1.29, 1.82) is 0 Å². The van der Waals surface area contributed by atoms with Crippen molar-refractivity contribution in [3.8, 4) is 5.75 Å². The number of halogens is 1. The van der Waals surface area contributed by atoms with Crippen molar-refractivity contribution < 1.29 is 19.1 Å². The molecule has 4 aromatic carbocycles. The number of rotatable bonds is 12. The Morgan fingerprint density at radius 3 is 2.26 bits per heavy atom. The molecule has 3 amide bonds. The molecule has 46 heavy (non-hydrogen) atoms. The molecule has 5 rings (SSSR count). The summed E-state index contributed by atoms with van der Waals surface area (Å²) in [7, 11) is 0. The summed E-state index contributed by atoms with van der Waals surface area (Å²) in [5, 5.41) is 8.81. The van der Waals surface area contributed by atoms with Crippen LogP contribution in [0.1, 0.15) is 21.5 Å². The number of carbonyl (C=O) groups is 3. The average molecular weight is 649 g/mol. The van der Waals surface area contributed by atoms with Gasteiger partial charge in [-0.25, -0.2) is 4.98 Å². The maximum absolute atomic E-state index is 13.5. The number of nitrogens with zero attached hydrogens (tertiary/aromatic N) is 1. The zero-order chi connectivity index (χ0) is 32.1. The summed E-state index contributed by atoms with van der Waals surface area (Å²) in [6.45, 7) is 0.429. The maximum Gasteiger partial charge on any atom is 0.272 e. The molecule has 0 aliphatic carbocycles. The van der Waals surface area contributed by atoms with E-state index in [1.807, 2.05) is 66.7 Å². The van der Waals surface area contributed by atoms with E-state index >= 15 is 0 Å². The van der Waals surface area contributed by atoms with Gasteiger partial charge in [0.2, 0.25) is 5.91 Å². The van der Waals surface area contributed by atoms with Crippen molar-refractivity contribution >= 4 is 58.7 Å². The highest BCUT2D eigenvalue weighted by Gasteiger charge is 2.16. The van der Waals surface area contributed by atoms with Gasteiger partial charge < -0.3 is 20.7 Å². The molecule has 0 fully saturated rings. The highest BCUT2D eigenvalue weighted by atomic mass is 35.5.